The second-order valence-corrected chi connectivity index (χ2v) is 4.14. The van der Waals surface area contributed by atoms with Crippen LogP contribution in [0.25, 0.3) is 0 Å². The SMILES string of the molecule is CN(C)c1ccc(NC(=O)c2cn[nH]c2[N+](=O)[O-])nc1. The van der Waals surface area contributed by atoms with E-state index < -0.39 is 16.6 Å². The van der Waals surface area contributed by atoms with E-state index in [1.165, 1.54) is 0 Å². The molecule has 2 heterocycles. The minimum Gasteiger partial charge on any atom is -0.376 e. The summed E-state index contributed by atoms with van der Waals surface area (Å²) >= 11 is 0. The van der Waals surface area contributed by atoms with Crippen LogP contribution in [0.1, 0.15) is 10.4 Å². The quantitative estimate of drug-likeness (QED) is 0.636. The Hall–Kier alpha value is -2.97. The van der Waals surface area contributed by atoms with E-state index in [0.717, 1.165) is 11.9 Å². The third-order valence-corrected chi connectivity index (χ3v) is 2.55. The number of aromatic nitrogens is 3. The highest BCUT2D eigenvalue weighted by Gasteiger charge is 2.22. The summed E-state index contributed by atoms with van der Waals surface area (Å²) in [6.45, 7) is 0. The van der Waals surface area contributed by atoms with Gasteiger partial charge in [0.25, 0.3) is 5.91 Å². The van der Waals surface area contributed by atoms with Gasteiger partial charge in [0.1, 0.15) is 5.82 Å². The van der Waals surface area contributed by atoms with Gasteiger partial charge in [0.2, 0.25) is 0 Å². The molecule has 0 saturated carbocycles. The first kappa shape index (κ1) is 13.5. The van der Waals surface area contributed by atoms with Gasteiger partial charge in [-0.25, -0.2) is 4.98 Å². The maximum atomic E-state index is 11.9. The molecule has 20 heavy (non-hydrogen) atoms. The van der Waals surface area contributed by atoms with Crippen molar-refractivity contribution in [3.8, 4) is 0 Å². The molecule has 2 N–H and O–H groups in total. The molecule has 0 fully saturated rings. The van der Waals surface area contributed by atoms with Crippen LogP contribution in [0.4, 0.5) is 17.3 Å². The molecular formula is C11H12N6O3. The van der Waals surface area contributed by atoms with Crippen molar-refractivity contribution in [1.29, 1.82) is 0 Å². The number of nitrogens with one attached hydrogen (secondary N) is 2. The van der Waals surface area contributed by atoms with Crippen molar-refractivity contribution >= 4 is 23.2 Å². The number of hydrogen-bond acceptors (Lipinski definition) is 6. The summed E-state index contributed by atoms with van der Waals surface area (Å²) in [5, 5.41) is 18.8. The first-order valence-corrected chi connectivity index (χ1v) is 5.61. The smallest absolute Gasteiger partial charge is 0.355 e. The first-order valence-electron chi connectivity index (χ1n) is 5.61. The van der Waals surface area contributed by atoms with Crippen LogP contribution in [0.2, 0.25) is 0 Å². The van der Waals surface area contributed by atoms with E-state index in [2.05, 4.69) is 20.5 Å². The van der Waals surface area contributed by atoms with E-state index in [0.29, 0.717) is 5.82 Å². The molecule has 2 aromatic heterocycles. The zero-order chi connectivity index (χ0) is 14.7. The molecule has 0 bridgehead atoms. The van der Waals surface area contributed by atoms with Crippen LogP contribution in [0.3, 0.4) is 0 Å². The summed E-state index contributed by atoms with van der Waals surface area (Å²) in [5.74, 6) is -0.793. The minimum absolute atomic E-state index is 0.145. The number of rotatable bonds is 4. The third kappa shape index (κ3) is 2.71. The molecular weight excluding hydrogens is 264 g/mol. The molecule has 9 heteroatoms. The van der Waals surface area contributed by atoms with E-state index in [4.69, 9.17) is 0 Å². The summed E-state index contributed by atoms with van der Waals surface area (Å²) in [6.07, 6.45) is 2.68. The van der Waals surface area contributed by atoms with Gasteiger partial charge in [-0.05, 0) is 17.1 Å². The van der Waals surface area contributed by atoms with Gasteiger partial charge in [-0.2, -0.15) is 0 Å². The molecule has 0 aliphatic rings. The lowest BCUT2D eigenvalue weighted by Gasteiger charge is -2.11. The van der Waals surface area contributed by atoms with Gasteiger partial charge in [0.15, 0.2) is 5.56 Å². The fourth-order valence-electron chi connectivity index (χ4n) is 1.49. The van der Waals surface area contributed by atoms with Gasteiger partial charge in [-0.1, -0.05) is 5.10 Å². The van der Waals surface area contributed by atoms with Crippen LogP contribution in [-0.2, 0) is 0 Å². The molecule has 1 amide bonds. The molecule has 0 aromatic carbocycles. The summed E-state index contributed by atoms with van der Waals surface area (Å²) in [7, 11) is 3.73. The molecule has 0 saturated heterocycles. The van der Waals surface area contributed by atoms with E-state index >= 15 is 0 Å². The highest BCUT2D eigenvalue weighted by molar-refractivity contribution is 6.06. The van der Waals surface area contributed by atoms with Gasteiger partial charge in [-0.3, -0.25) is 4.79 Å². The Morgan fingerprint density at radius 1 is 1.40 bits per heavy atom. The summed E-state index contributed by atoms with van der Waals surface area (Å²) in [5.41, 5.74) is 0.728. The number of amides is 1. The van der Waals surface area contributed by atoms with E-state index in [-0.39, 0.29) is 5.56 Å². The molecule has 0 radical (unpaired) electrons. The van der Waals surface area contributed by atoms with E-state index in [9.17, 15) is 14.9 Å². The maximum absolute atomic E-state index is 11.9. The minimum atomic E-state index is -0.704. The Morgan fingerprint density at radius 2 is 2.15 bits per heavy atom. The normalized spacial score (nSPS) is 10.1. The van der Waals surface area contributed by atoms with Crippen molar-refractivity contribution in [2.24, 2.45) is 0 Å². The van der Waals surface area contributed by atoms with Gasteiger partial charge >= 0.3 is 5.82 Å². The van der Waals surface area contributed by atoms with Crippen molar-refractivity contribution in [3.63, 3.8) is 0 Å². The number of anilines is 2. The molecule has 0 aliphatic heterocycles. The standard InChI is InChI=1S/C11H12N6O3/c1-16(2)7-3-4-9(12-5-7)14-11(18)8-6-13-15-10(8)17(19)20/h3-6H,1-2H3,(H,13,15)(H,12,14,18). The van der Waals surface area contributed by atoms with Crippen molar-refractivity contribution in [3.05, 3.63) is 40.2 Å². The van der Waals surface area contributed by atoms with Crippen LogP contribution < -0.4 is 10.2 Å². The number of pyridine rings is 1. The van der Waals surface area contributed by atoms with Crippen molar-refractivity contribution in [2.75, 3.05) is 24.3 Å². The maximum Gasteiger partial charge on any atom is 0.355 e. The number of aromatic amines is 1. The highest BCUT2D eigenvalue weighted by atomic mass is 16.6. The Kier molecular flexibility index (Phi) is 3.60. The summed E-state index contributed by atoms with van der Waals surface area (Å²) in [4.78, 5) is 27.8. The average Bonchev–Trinajstić information content (AvgIpc) is 2.88. The number of hydrogen-bond donors (Lipinski definition) is 2. The van der Waals surface area contributed by atoms with Crippen LogP contribution in [0, 0.1) is 10.1 Å². The van der Waals surface area contributed by atoms with Gasteiger partial charge in [0.05, 0.1) is 18.1 Å². The summed E-state index contributed by atoms with van der Waals surface area (Å²) in [6, 6.07) is 3.38. The molecule has 2 aromatic rings. The lowest BCUT2D eigenvalue weighted by molar-refractivity contribution is -0.389. The predicted octanol–water partition coefficient (Wildman–Crippen LogP) is 1.03. The van der Waals surface area contributed by atoms with Crippen molar-refractivity contribution in [1.82, 2.24) is 15.2 Å². The molecule has 0 aliphatic carbocycles. The van der Waals surface area contributed by atoms with Crippen LogP contribution in [-0.4, -0.2) is 40.1 Å². The summed E-state index contributed by atoms with van der Waals surface area (Å²) < 4.78 is 0. The fraction of sp³-hybridized carbons (Fsp3) is 0.182. The number of carbonyl (C=O) groups excluding carboxylic acids is 1. The molecule has 0 atom stereocenters. The number of carbonyl (C=O) groups is 1. The lowest BCUT2D eigenvalue weighted by atomic mass is 10.3. The van der Waals surface area contributed by atoms with Gasteiger partial charge in [-0.15, -0.1) is 5.10 Å². The molecule has 9 nitrogen and oxygen atoms in total. The van der Waals surface area contributed by atoms with Crippen molar-refractivity contribution in [2.45, 2.75) is 0 Å². The largest absolute Gasteiger partial charge is 0.376 e. The fourth-order valence-corrected chi connectivity index (χ4v) is 1.49. The Bertz CT molecular complexity index is 634. The topological polar surface area (TPSA) is 117 Å². The second-order valence-electron chi connectivity index (χ2n) is 4.14. The third-order valence-electron chi connectivity index (χ3n) is 2.55. The number of nitro groups is 1. The molecule has 2 rings (SSSR count). The molecule has 0 spiro atoms. The highest BCUT2D eigenvalue weighted by Crippen LogP contribution is 2.16. The zero-order valence-corrected chi connectivity index (χ0v) is 10.8. The monoisotopic (exact) mass is 276 g/mol. The predicted molar refractivity (Wildman–Crippen MR) is 71.8 cm³/mol. The first-order chi connectivity index (χ1) is 9.49. The second kappa shape index (κ2) is 5.34. The Balaban J connectivity index is 2.15. The number of nitrogens with zero attached hydrogens (tertiary/aromatic N) is 4. The number of H-pyrrole nitrogens is 1. The Labute approximate surface area is 113 Å². The lowest BCUT2D eigenvalue weighted by Crippen LogP contribution is -2.14. The zero-order valence-electron chi connectivity index (χ0n) is 10.8. The van der Waals surface area contributed by atoms with Crippen LogP contribution >= 0.6 is 0 Å². The molecule has 104 valence electrons. The Morgan fingerprint density at radius 3 is 2.70 bits per heavy atom. The van der Waals surface area contributed by atoms with Crippen LogP contribution in [0.15, 0.2) is 24.5 Å². The van der Waals surface area contributed by atoms with Crippen LogP contribution in [0.5, 0.6) is 0 Å². The molecule has 0 unspecified atom stereocenters. The van der Waals surface area contributed by atoms with Gasteiger partial charge in [0, 0.05) is 14.1 Å². The average molecular weight is 276 g/mol. The van der Waals surface area contributed by atoms with E-state index in [1.807, 2.05) is 19.0 Å². The van der Waals surface area contributed by atoms with Crippen molar-refractivity contribution < 1.29 is 9.72 Å². The van der Waals surface area contributed by atoms with E-state index in [1.54, 1.807) is 18.3 Å². The van der Waals surface area contributed by atoms with Gasteiger partial charge < -0.3 is 20.3 Å².